The largest absolute Gasteiger partial charge is 0.354 e. The number of carbonyl (C=O) groups is 2. The molecule has 2 amide bonds. The highest BCUT2D eigenvalue weighted by molar-refractivity contribution is 6.43. The maximum Gasteiger partial charge on any atom is 0.253 e. The van der Waals surface area contributed by atoms with Crippen LogP contribution in [0.1, 0.15) is 22.8 Å². The van der Waals surface area contributed by atoms with E-state index >= 15 is 0 Å². The van der Waals surface area contributed by atoms with Crippen molar-refractivity contribution >= 4 is 35.0 Å². The molecule has 2 aromatic carbocycles. The molecule has 4 nitrogen and oxygen atoms in total. The summed E-state index contributed by atoms with van der Waals surface area (Å²) in [4.78, 5) is 24.2. The van der Waals surface area contributed by atoms with Crippen LogP contribution in [-0.2, 0) is 11.2 Å². The van der Waals surface area contributed by atoms with Crippen molar-refractivity contribution in [2.45, 2.75) is 19.4 Å². The Labute approximate surface area is 155 Å². The number of benzene rings is 2. The summed E-state index contributed by atoms with van der Waals surface area (Å²) in [7, 11) is 0. The summed E-state index contributed by atoms with van der Waals surface area (Å²) in [5, 5.41) is 5.61. The Hall–Kier alpha value is -2.11. The minimum Gasteiger partial charge on any atom is -0.354 e. The van der Waals surface area contributed by atoms with E-state index in [0.717, 1.165) is 0 Å². The van der Waals surface area contributed by atoms with Crippen LogP contribution in [0.15, 0.2) is 42.5 Å². The van der Waals surface area contributed by atoms with E-state index in [-0.39, 0.29) is 33.9 Å². The monoisotopic (exact) mass is 382 g/mol. The minimum atomic E-state index is -0.775. The van der Waals surface area contributed by atoms with Crippen LogP contribution in [-0.4, -0.2) is 24.4 Å². The van der Waals surface area contributed by atoms with Gasteiger partial charge in [-0.15, -0.1) is 0 Å². The highest BCUT2D eigenvalue weighted by Crippen LogP contribution is 2.25. The zero-order valence-electron chi connectivity index (χ0n) is 13.5. The maximum absolute atomic E-state index is 13.5. The normalized spacial score (nSPS) is 11.7. The quantitative estimate of drug-likeness (QED) is 0.801. The number of halogens is 3. The predicted molar refractivity (Wildman–Crippen MR) is 96.5 cm³/mol. The van der Waals surface area contributed by atoms with Gasteiger partial charge in [-0.05, 0) is 37.1 Å². The van der Waals surface area contributed by atoms with Gasteiger partial charge >= 0.3 is 0 Å². The summed E-state index contributed by atoms with van der Waals surface area (Å²) < 4.78 is 13.5. The lowest BCUT2D eigenvalue weighted by Crippen LogP contribution is -2.45. The number of carbonyl (C=O) groups excluding carboxylic acids is 2. The molecule has 0 aromatic heterocycles. The fourth-order valence-corrected chi connectivity index (χ4v) is 2.58. The molecule has 0 saturated heterocycles. The standard InChI is InChI=1S/C18H17Cl2FN2O2/c1-11(23-18(25)13-6-4-7-14(19)16(13)20)17(24)22-10-9-12-5-2-3-8-15(12)21/h2-8,11H,9-10H2,1H3,(H,22,24)(H,23,25). The zero-order valence-corrected chi connectivity index (χ0v) is 15.0. The third-order valence-corrected chi connectivity index (χ3v) is 4.41. The summed E-state index contributed by atoms with van der Waals surface area (Å²) >= 11 is 11.9. The molecule has 7 heteroatoms. The van der Waals surface area contributed by atoms with E-state index in [1.807, 2.05) is 0 Å². The third-order valence-electron chi connectivity index (χ3n) is 3.59. The van der Waals surface area contributed by atoms with Gasteiger partial charge < -0.3 is 10.6 Å². The zero-order chi connectivity index (χ0) is 18.4. The summed E-state index contributed by atoms with van der Waals surface area (Å²) in [5.41, 5.74) is 0.713. The van der Waals surface area contributed by atoms with E-state index in [0.29, 0.717) is 12.0 Å². The summed E-state index contributed by atoms with van der Waals surface area (Å²) in [5.74, 6) is -1.18. The highest BCUT2D eigenvalue weighted by atomic mass is 35.5. The van der Waals surface area contributed by atoms with Crippen LogP contribution in [0, 0.1) is 5.82 Å². The Morgan fingerprint density at radius 1 is 1.12 bits per heavy atom. The number of hydrogen-bond donors (Lipinski definition) is 2. The summed E-state index contributed by atoms with van der Waals surface area (Å²) in [6.45, 7) is 1.81. The molecule has 0 saturated carbocycles. The van der Waals surface area contributed by atoms with Crippen molar-refractivity contribution in [2.75, 3.05) is 6.54 Å². The van der Waals surface area contributed by atoms with Gasteiger partial charge in [0.15, 0.2) is 0 Å². The highest BCUT2D eigenvalue weighted by Gasteiger charge is 2.19. The van der Waals surface area contributed by atoms with Crippen LogP contribution >= 0.6 is 23.2 Å². The van der Waals surface area contributed by atoms with Crippen molar-refractivity contribution < 1.29 is 14.0 Å². The van der Waals surface area contributed by atoms with E-state index in [2.05, 4.69) is 10.6 Å². The van der Waals surface area contributed by atoms with Crippen molar-refractivity contribution in [2.24, 2.45) is 0 Å². The molecule has 25 heavy (non-hydrogen) atoms. The lowest BCUT2D eigenvalue weighted by molar-refractivity contribution is -0.122. The second-order valence-corrected chi connectivity index (χ2v) is 6.21. The second kappa shape index (κ2) is 8.83. The molecule has 2 aromatic rings. The molecule has 0 bridgehead atoms. The van der Waals surface area contributed by atoms with Gasteiger partial charge in [-0.3, -0.25) is 9.59 Å². The van der Waals surface area contributed by atoms with Gasteiger partial charge in [-0.25, -0.2) is 4.39 Å². The smallest absolute Gasteiger partial charge is 0.253 e. The molecule has 2 N–H and O–H groups in total. The van der Waals surface area contributed by atoms with Crippen molar-refractivity contribution in [1.29, 1.82) is 0 Å². The van der Waals surface area contributed by atoms with Gasteiger partial charge in [-0.2, -0.15) is 0 Å². The minimum absolute atomic E-state index is 0.133. The Morgan fingerprint density at radius 3 is 2.56 bits per heavy atom. The van der Waals surface area contributed by atoms with Crippen molar-refractivity contribution in [3.8, 4) is 0 Å². The van der Waals surface area contributed by atoms with Crippen LogP contribution in [0.5, 0.6) is 0 Å². The first-order chi connectivity index (χ1) is 11.9. The number of rotatable bonds is 6. The van der Waals surface area contributed by atoms with Crippen molar-refractivity contribution in [3.05, 3.63) is 69.5 Å². The number of hydrogen-bond acceptors (Lipinski definition) is 2. The topological polar surface area (TPSA) is 58.2 Å². The molecule has 0 heterocycles. The molecule has 0 aliphatic carbocycles. The summed E-state index contributed by atoms with van der Waals surface area (Å²) in [6, 6.07) is 10.3. The van der Waals surface area contributed by atoms with Crippen LogP contribution in [0.2, 0.25) is 10.0 Å². The van der Waals surface area contributed by atoms with Crippen LogP contribution in [0.4, 0.5) is 4.39 Å². The first-order valence-electron chi connectivity index (χ1n) is 7.66. The van der Waals surface area contributed by atoms with E-state index in [9.17, 15) is 14.0 Å². The van der Waals surface area contributed by atoms with E-state index < -0.39 is 11.9 Å². The Bertz CT molecular complexity index is 783. The Balaban J connectivity index is 1.86. The van der Waals surface area contributed by atoms with Gasteiger partial charge in [0.25, 0.3) is 5.91 Å². The third kappa shape index (κ3) is 5.18. The van der Waals surface area contributed by atoms with E-state index in [4.69, 9.17) is 23.2 Å². The number of amides is 2. The van der Waals surface area contributed by atoms with Crippen LogP contribution in [0.3, 0.4) is 0 Å². The van der Waals surface area contributed by atoms with Gasteiger partial charge in [0.1, 0.15) is 11.9 Å². The molecule has 0 aliphatic heterocycles. The van der Waals surface area contributed by atoms with Gasteiger partial charge in [0.05, 0.1) is 15.6 Å². The molecule has 1 unspecified atom stereocenters. The predicted octanol–water partition coefficient (Wildman–Crippen LogP) is 3.61. The fraction of sp³-hybridized carbons (Fsp3) is 0.222. The molecule has 2 rings (SSSR count). The molecule has 132 valence electrons. The van der Waals surface area contributed by atoms with Gasteiger partial charge in [-0.1, -0.05) is 47.5 Å². The lowest BCUT2D eigenvalue weighted by atomic mass is 10.1. The first-order valence-corrected chi connectivity index (χ1v) is 8.41. The average Bonchev–Trinajstić information content (AvgIpc) is 2.58. The van der Waals surface area contributed by atoms with Gasteiger partial charge in [0.2, 0.25) is 5.91 Å². The fourth-order valence-electron chi connectivity index (χ4n) is 2.19. The lowest BCUT2D eigenvalue weighted by Gasteiger charge is -2.15. The Kier molecular flexibility index (Phi) is 6.79. The van der Waals surface area contributed by atoms with E-state index in [1.54, 1.807) is 37.3 Å². The average molecular weight is 383 g/mol. The van der Waals surface area contributed by atoms with Crippen LogP contribution in [0.25, 0.3) is 0 Å². The molecule has 0 spiro atoms. The van der Waals surface area contributed by atoms with Gasteiger partial charge in [0, 0.05) is 6.54 Å². The molecule has 1 atom stereocenters. The number of nitrogens with one attached hydrogen (secondary N) is 2. The molecule has 0 radical (unpaired) electrons. The summed E-state index contributed by atoms with van der Waals surface area (Å²) in [6.07, 6.45) is 0.360. The maximum atomic E-state index is 13.5. The van der Waals surface area contributed by atoms with Crippen LogP contribution < -0.4 is 10.6 Å². The molecule has 0 aliphatic rings. The Morgan fingerprint density at radius 2 is 1.84 bits per heavy atom. The first kappa shape index (κ1) is 19.2. The second-order valence-electron chi connectivity index (χ2n) is 5.43. The van der Waals surface area contributed by atoms with Crippen molar-refractivity contribution in [1.82, 2.24) is 10.6 Å². The van der Waals surface area contributed by atoms with Crippen molar-refractivity contribution in [3.63, 3.8) is 0 Å². The van der Waals surface area contributed by atoms with E-state index in [1.165, 1.54) is 12.1 Å². The SMILES string of the molecule is CC(NC(=O)c1cccc(Cl)c1Cl)C(=O)NCCc1ccccc1F. The molecular formula is C18H17Cl2FN2O2. The molecule has 0 fully saturated rings. The molecular weight excluding hydrogens is 366 g/mol.